The second-order valence-electron chi connectivity index (χ2n) is 7.82. The molecule has 0 aliphatic rings. The van der Waals surface area contributed by atoms with Gasteiger partial charge in [-0.1, -0.05) is 69.1 Å². The minimum atomic E-state index is -0.973. The zero-order valence-electron chi connectivity index (χ0n) is 17.8. The molecule has 1 aromatic carbocycles. The minimum Gasteiger partial charge on any atom is -0.350 e. The first-order chi connectivity index (χ1) is 14.4. The average molecular weight is 435 g/mol. The number of amides is 2. The number of aromatic nitrogens is 2. The van der Waals surface area contributed by atoms with Crippen LogP contribution >= 0.6 is 11.6 Å². The molecule has 2 aromatic rings. The van der Waals surface area contributed by atoms with E-state index in [0.29, 0.717) is 23.8 Å². The molecule has 2 rings (SSSR count). The molecule has 1 heterocycles. The first-order valence-corrected chi connectivity index (χ1v) is 10.7. The smallest absolute Gasteiger partial charge is 0.255 e. The molecule has 7 nitrogen and oxygen atoms in total. The molecule has 0 saturated heterocycles. The summed E-state index contributed by atoms with van der Waals surface area (Å²) in [7, 11) is 0. The van der Waals surface area contributed by atoms with Gasteiger partial charge in [0.2, 0.25) is 5.91 Å². The van der Waals surface area contributed by atoms with Crippen molar-refractivity contribution in [2.45, 2.75) is 59.5 Å². The number of nitrogens with zero attached hydrogens (tertiary/aromatic N) is 2. The molecule has 0 aliphatic heterocycles. The average Bonchev–Trinajstić information content (AvgIpc) is 3.02. The normalized spacial score (nSPS) is 12.1. The highest BCUT2D eigenvalue weighted by Gasteiger charge is 2.28. The van der Waals surface area contributed by atoms with Crippen LogP contribution in [-0.2, 0) is 29.1 Å². The number of hydrogen-bond acceptors (Lipinski definition) is 4. The Kier molecular flexibility index (Phi) is 9.33. The van der Waals surface area contributed by atoms with Gasteiger partial charge in [-0.25, -0.2) is 10.5 Å². The molecule has 1 unspecified atom stereocenters. The van der Waals surface area contributed by atoms with Gasteiger partial charge in [-0.15, -0.1) is 0 Å². The number of carbonyl (C=O) groups is 2. The van der Waals surface area contributed by atoms with Crippen molar-refractivity contribution in [3.05, 3.63) is 52.6 Å². The monoisotopic (exact) mass is 434 g/mol. The molecule has 3 N–H and O–H groups in total. The fourth-order valence-electron chi connectivity index (χ4n) is 3.33. The highest BCUT2D eigenvalue weighted by atomic mass is 35.5. The maximum absolute atomic E-state index is 12.7. The molecule has 0 aliphatic carbocycles. The van der Waals surface area contributed by atoms with E-state index in [0.717, 1.165) is 30.7 Å². The van der Waals surface area contributed by atoms with Gasteiger partial charge in [0.25, 0.3) is 5.91 Å². The van der Waals surface area contributed by atoms with Crippen LogP contribution in [0.4, 0.5) is 0 Å². The molecule has 1 atom stereocenters. The topological polar surface area (TPSA) is 96.2 Å². The first kappa shape index (κ1) is 23.9. The van der Waals surface area contributed by atoms with E-state index in [4.69, 9.17) is 16.8 Å². The Morgan fingerprint density at radius 1 is 1.20 bits per heavy atom. The molecule has 0 bridgehead atoms. The van der Waals surface area contributed by atoms with Crippen LogP contribution in [0.15, 0.2) is 30.3 Å². The van der Waals surface area contributed by atoms with Crippen LogP contribution in [0.5, 0.6) is 0 Å². The predicted molar refractivity (Wildman–Crippen MR) is 116 cm³/mol. The predicted octanol–water partition coefficient (Wildman–Crippen LogP) is 3.71. The van der Waals surface area contributed by atoms with Crippen LogP contribution in [-0.4, -0.2) is 26.6 Å². The number of unbranched alkanes of at least 4 members (excludes halogenated alkanes) is 1. The Morgan fingerprint density at radius 3 is 2.50 bits per heavy atom. The number of rotatable bonds is 11. The van der Waals surface area contributed by atoms with Crippen molar-refractivity contribution < 1.29 is 14.8 Å². The van der Waals surface area contributed by atoms with Gasteiger partial charge in [0.1, 0.15) is 11.7 Å². The van der Waals surface area contributed by atoms with E-state index >= 15 is 0 Å². The van der Waals surface area contributed by atoms with Crippen molar-refractivity contribution in [3.8, 4) is 0 Å². The number of nitrogens with one attached hydrogen (secondary N) is 2. The van der Waals surface area contributed by atoms with Gasteiger partial charge in [-0.05, 0) is 24.3 Å². The van der Waals surface area contributed by atoms with Crippen LogP contribution in [0, 0.1) is 11.8 Å². The summed E-state index contributed by atoms with van der Waals surface area (Å²) < 4.78 is 2.04. The summed E-state index contributed by atoms with van der Waals surface area (Å²) in [6.45, 7) is 6.69. The molecular formula is C22H31ClN4O3. The second-order valence-corrected chi connectivity index (χ2v) is 8.17. The molecule has 0 saturated carbocycles. The van der Waals surface area contributed by atoms with Crippen LogP contribution in [0.2, 0.25) is 5.15 Å². The zero-order valence-corrected chi connectivity index (χ0v) is 18.6. The SMILES string of the molecule is CCCCc1nc(Cl)c(CNC(=O)C(CC(C)C)C(=O)NO)n1Cc1ccccc1. The summed E-state index contributed by atoms with van der Waals surface area (Å²) in [5.74, 6) is -1.14. The van der Waals surface area contributed by atoms with Gasteiger partial charge >= 0.3 is 0 Å². The lowest BCUT2D eigenvalue weighted by Crippen LogP contribution is -2.41. The van der Waals surface area contributed by atoms with Crippen molar-refractivity contribution in [2.24, 2.45) is 11.8 Å². The number of halogens is 1. The Morgan fingerprint density at radius 2 is 1.90 bits per heavy atom. The summed E-state index contributed by atoms with van der Waals surface area (Å²) in [5, 5.41) is 12.1. The van der Waals surface area contributed by atoms with E-state index < -0.39 is 17.7 Å². The molecule has 0 spiro atoms. The maximum atomic E-state index is 12.7. The lowest BCUT2D eigenvalue weighted by molar-refractivity contribution is -0.141. The Labute approximate surface area is 182 Å². The number of aryl methyl sites for hydroxylation is 1. The summed E-state index contributed by atoms with van der Waals surface area (Å²) >= 11 is 6.43. The van der Waals surface area contributed by atoms with Crippen molar-refractivity contribution in [3.63, 3.8) is 0 Å². The number of benzene rings is 1. The standard InChI is InChI=1S/C22H31ClN4O3/c1-4-5-11-19-25-20(23)18(27(19)14-16-9-7-6-8-10-16)13-24-21(28)17(12-15(2)3)22(29)26-30/h6-10,15,17,30H,4-5,11-14H2,1-3H3,(H,24,28)(H,26,29). The second kappa shape index (κ2) is 11.7. The minimum absolute atomic E-state index is 0.117. The van der Waals surface area contributed by atoms with Crippen LogP contribution < -0.4 is 10.8 Å². The van der Waals surface area contributed by atoms with Gasteiger partial charge in [-0.3, -0.25) is 14.8 Å². The Hall–Kier alpha value is -2.38. The molecule has 2 amide bonds. The van der Waals surface area contributed by atoms with Crippen molar-refractivity contribution in [1.82, 2.24) is 20.3 Å². The van der Waals surface area contributed by atoms with Crippen LogP contribution in [0.25, 0.3) is 0 Å². The molecule has 1 aromatic heterocycles. The van der Waals surface area contributed by atoms with E-state index in [1.807, 2.05) is 48.7 Å². The summed E-state index contributed by atoms with van der Waals surface area (Å²) in [5.41, 5.74) is 3.40. The molecular weight excluding hydrogens is 404 g/mol. The molecule has 0 radical (unpaired) electrons. The molecule has 0 fully saturated rings. The van der Waals surface area contributed by atoms with Crippen LogP contribution in [0.3, 0.4) is 0 Å². The van der Waals surface area contributed by atoms with E-state index in [1.165, 1.54) is 0 Å². The Bertz CT molecular complexity index is 836. The van der Waals surface area contributed by atoms with E-state index in [1.54, 1.807) is 5.48 Å². The number of hydrogen-bond donors (Lipinski definition) is 3. The van der Waals surface area contributed by atoms with Gasteiger partial charge in [0.05, 0.1) is 12.2 Å². The zero-order chi connectivity index (χ0) is 22.1. The lowest BCUT2D eigenvalue weighted by Gasteiger charge is -2.18. The summed E-state index contributed by atoms with van der Waals surface area (Å²) in [6.07, 6.45) is 3.15. The van der Waals surface area contributed by atoms with Gasteiger partial charge in [-0.2, -0.15) is 0 Å². The van der Waals surface area contributed by atoms with Crippen LogP contribution in [0.1, 0.15) is 57.1 Å². The first-order valence-electron chi connectivity index (χ1n) is 10.4. The third kappa shape index (κ3) is 6.57. The number of carbonyl (C=O) groups excluding carboxylic acids is 2. The van der Waals surface area contributed by atoms with Gasteiger partial charge < -0.3 is 9.88 Å². The number of hydroxylamine groups is 1. The largest absolute Gasteiger partial charge is 0.350 e. The van der Waals surface area contributed by atoms with Crippen molar-refractivity contribution in [2.75, 3.05) is 0 Å². The van der Waals surface area contributed by atoms with E-state index in [2.05, 4.69) is 17.2 Å². The fraction of sp³-hybridized carbons (Fsp3) is 0.500. The van der Waals surface area contributed by atoms with Gasteiger partial charge in [0, 0.05) is 13.0 Å². The molecule has 164 valence electrons. The molecule has 8 heteroatoms. The number of imidazole rings is 1. The van der Waals surface area contributed by atoms with E-state index in [9.17, 15) is 9.59 Å². The highest BCUT2D eigenvalue weighted by molar-refractivity contribution is 6.30. The molecule has 30 heavy (non-hydrogen) atoms. The maximum Gasteiger partial charge on any atom is 0.255 e. The summed E-state index contributed by atoms with van der Waals surface area (Å²) in [6, 6.07) is 9.98. The van der Waals surface area contributed by atoms with Crippen molar-refractivity contribution in [1.29, 1.82) is 0 Å². The lowest BCUT2D eigenvalue weighted by atomic mass is 9.95. The third-order valence-corrected chi connectivity index (χ3v) is 5.22. The fourth-order valence-corrected chi connectivity index (χ4v) is 3.60. The van der Waals surface area contributed by atoms with E-state index in [-0.39, 0.29) is 12.5 Å². The van der Waals surface area contributed by atoms with Crippen molar-refractivity contribution >= 4 is 23.4 Å². The Balaban J connectivity index is 2.23. The third-order valence-electron chi connectivity index (χ3n) is 4.92. The van der Waals surface area contributed by atoms with Gasteiger partial charge in [0.15, 0.2) is 5.15 Å². The highest BCUT2D eigenvalue weighted by Crippen LogP contribution is 2.21. The summed E-state index contributed by atoms with van der Waals surface area (Å²) in [4.78, 5) is 29.1. The quantitative estimate of drug-likeness (QED) is 0.285.